The Morgan fingerprint density at radius 3 is 2.52 bits per heavy atom. The molecule has 0 aliphatic rings. The molecule has 0 atom stereocenters. The Morgan fingerprint density at radius 2 is 1.76 bits per heavy atom. The zero-order valence-corrected chi connectivity index (χ0v) is 15.3. The average molecular weight is 387 g/mol. The Kier molecular flexibility index (Phi) is 4.99. The van der Waals surface area contributed by atoms with Crippen molar-refractivity contribution in [1.29, 1.82) is 0 Å². The van der Waals surface area contributed by atoms with Crippen LogP contribution in [0.3, 0.4) is 0 Å². The monoisotopic (exact) mass is 387 g/mol. The number of anilines is 1. The van der Waals surface area contributed by atoms with Crippen molar-refractivity contribution in [2.24, 2.45) is 0 Å². The lowest BCUT2D eigenvalue weighted by Crippen LogP contribution is -2.20. The molecule has 0 spiro atoms. The Morgan fingerprint density at radius 1 is 1.00 bits per heavy atom. The molecule has 0 saturated heterocycles. The number of carbonyl (C=O) groups excluding carboxylic acids is 1. The van der Waals surface area contributed by atoms with Crippen LogP contribution in [-0.4, -0.2) is 17.6 Å². The summed E-state index contributed by atoms with van der Waals surface area (Å²) in [6.07, 6.45) is 1.37. The van der Waals surface area contributed by atoms with E-state index in [2.05, 4.69) is 5.32 Å². The molecule has 1 heterocycles. The maximum atomic E-state index is 12.7. The van der Waals surface area contributed by atoms with Crippen LogP contribution in [0.5, 0.6) is 11.5 Å². The lowest BCUT2D eigenvalue weighted by molar-refractivity contribution is -0.118. The van der Waals surface area contributed by atoms with Crippen LogP contribution in [0.2, 0.25) is 0 Å². The van der Waals surface area contributed by atoms with Crippen LogP contribution in [-0.2, 0) is 4.79 Å². The third-order valence-corrected chi connectivity index (χ3v) is 4.35. The molecule has 6 heteroatoms. The van der Waals surface area contributed by atoms with Crippen molar-refractivity contribution in [1.82, 2.24) is 0 Å². The van der Waals surface area contributed by atoms with Gasteiger partial charge in [0, 0.05) is 11.8 Å². The third kappa shape index (κ3) is 4.11. The fourth-order valence-corrected chi connectivity index (χ4v) is 2.91. The zero-order valence-electron chi connectivity index (χ0n) is 15.3. The van der Waals surface area contributed by atoms with Gasteiger partial charge in [-0.3, -0.25) is 9.59 Å². The van der Waals surface area contributed by atoms with Gasteiger partial charge in [0.15, 0.2) is 12.0 Å². The summed E-state index contributed by atoms with van der Waals surface area (Å²) in [6, 6.07) is 20.3. The van der Waals surface area contributed by atoms with E-state index in [1.807, 2.05) is 18.2 Å². The molecule has 1 aromatic heterocycles. The molecule has 4 aromatic rings. The highest BCUT2D eigenvalue weighted by molar-refractivity contribution is 5.92. The number of carbonyl (C=O) groups is 1. The van der Waals surface area contributed by atoms with Gasteiger partial charge in [-0.05, 0) is 42.0 Å². The van der Waals surface area contributed by atoms with E-state index in [9.17, 15) is 14.7 Å². The van der Waals surface area contributed by atoms with E-state index >= 15 is 0 Å². The number of phenolic OH excluding ortho intramolecular Hbond substituents is 1. The molecule has 1 amide bonds. The molecular formula is C23H17NO5. The van der Waals surface area contributed by atoms with Crippen molar-refractivity contribution in [2.45, 2.75) is 0 Å². The van der Waals surface area contributed by atoms with Crippen molar-refractivity contribution in [3.05, 3.63) is 89.3 Å². The summed E-state index contributed by atoms with van der Waals surface area (Å²) in [6.45, 7) is -0.104. The predicted octanol–water partition coefficient (Wildman–Crippen LogP) is 4.18. The van der Waals surface area contributed by atoms with Crippen LogP contribution in [0, 0.1) is 0 Å². The summed E-state index contributed by atoms with van der Waals surface area (Å²) in [7, 11) is 0. The lowest BCUT2D eigenvalue weighted by atomic mass is 10.1. The third-order valence-electron chi connectivity index (χ3n) is 4.35. The van der Waals surface area contributed by atoms with Crippen molar-refractivity contribution in [3.63, 3.8) is 0 Å². The first-order chi connectivity index (χ1) is 14.1. The first-order valence-corrected chi connectivity index (χ1v) is 8.93. The molecule has 0 saturated carbocycles. The molecule has 2 N–H and O–H groups in total. The van der Waals surface area contributed by atoms with Crippen molar-refractivity contribution >= 4 is 22.6 Å². The minimum absolute atomic E-state index is 0.0322. The van der Waals surface area contributed by atoms with Gasteiger partial charge in [0.05, 0.1) is 10.9 Å². The van der Waals surface area contributed by atoms with Crippen LogP contribution >= 0.6 is 0 Å². The Balaban J connectivity index is 1.47. The molecule has 6 nitrogen and oxygen atoms in total. The summed E-state index contributed by atoms with van der Waals surface area (Å²) in [5, 5.41) is 12.6. The largest absolute Gasteiger partial charge is 0.508 e. The number of para-hydroxylation sites is 1. The summed E-state index contributed by atoms with van der Waals surface area (Å²) < 4.78 is 10.9. The van der Waals surface area contributed by atoms with Crippen LogP contribution in [0.15, 0.2) is 88.3 Å². The number of ether oxygens (including phenoxy) is 1. The molecule has 0 unspecified atom stereocenters. The van der Waals surface area contributed by atoms with E-state index in [-0.39, 0.29) is 23.7 Å². The predicted molar refractivity (Wildman–Crippen MR) is 110 cm³/mol. The summed E-state index contributed by atoms with van der Waals surface area (Å²) in [5.74, 6) is 0.366. The Hall–Kier alpha value is -4.06. The molecule has 0 bridgehead atoms. The van der Waals surface area contributed by atoms with E-state index in [4.69, 9.17) is 9.15 Å². The highest BCUT2D eigenvalue weighted by atomic mass is 16.5. The highest BCUT2D eigenvalue weighted by Crippen LogP contribution is 2.23. The SMILES string of the molecule is O=C(COc1ccccc1)Nc1ccc(-c2coc3cc(O)ccc3c2=O)cc1. The molecule has 0 radical (unpaired) electrons. The lowest BCUT2D eigenvalue weighted by Gasteiger charge is -2.08. The first kappa shape index (κ1) is 18.3. The van der Waals surface area contributed by atoms with Crippen LogP contribution < -0.4 is 15.5 Å². The van der Waals surface area contributed by atoms with Crippen molar-refractivity contribution in [3.8, 4) is 22.6 Å². The quantitative estimate of drug-likeness (QED) is 0.536. The second-order valence-corrected chi connectivity index (χ2v) is 6.39. The van der Waals surface area contributed by atoms with Gasteiger partial charge >= 0.3 is 0 Å². The topological polar surface area (TPSA) is 88.8 Å². The number of rotatable bonds is 5. The summed E-state index contributed by atoms with van der Waals surface area (Å²) in [4.78, 5) is 24.7. The minimum Gasteiger partial charge on any atom is -0.508 e. The number of hydrogen-bond donors (Lipinski definition) is 2. The van der Waals surface area contributed by atoms with Crippen LogP contribution in [0.1, 0.15) is 0 Å². The summed E-state index contributed by atoms with van der Waals surface area (Å²) >= 11 is 0. The zero-order chi connectivity index (χ0) is 20.2. The van der Waals surface area contributed by atoms with Gasteiger partial charge in [0.2, 0.25) is 0 Å². The Bertz CT molecular complexity index is 1210. The fraction of sp³-hybridized carbons (Fsp3) is 0.0435. The molecule has 3 aromatic carbocycles. The molecule has 0 fully saturated rings. The summed E-state index contributed by atoms with van der Waals surface area (Å²) in [5.41, 5.74) is 1.77. The number of fused-ring (bicyclic) bond motifs is 1. The number of nitrogens with one attached hydrogen (secondary N) is 1. The normalized spacial score (nSPS) is 10.6. The van der Waals surface area contributed by atoms with E-state index in [1.54, 1.807) is 36.4 Å². The maximum absolute atomic E-state index is 12.7. The van der Waals surface area contributed by atoms with Gasteiger partial charge in [0.1, 0.15) is 23.3 Å². The molecule has 29 heavy (non-hydrogen) atoms. The van der Waals surface area contributed by atoms with Crippen LogP contribution in [0.4, 0.5) is 5.69 Å². The second-order valence-electron chi connectivity index (χ2n) is 6.39. The smallest absolute Gasteiger partial charge is 0.262 e. The minimum atomic E-state index is -0.286. The fourth-order valence-electron chi connectivity index (χ4n) is 2.91. The van der Waals surface area contributed by atoms with E-state index in [1.165, 1.54) is 24.5 Å². The Labute approximate surface area is 166 Å². The maximum Gasteiger partial charge on any atom is 0.262 e. The molecule has 0 aliphatic heterocycles. The number of aromatic hydroxyl groups is 1. The second kappa shape index (κ2) is 7.90. The van der Waals surface area contributed by atoms with Crippen LogP contribution in [0.25, 0.3) is 22.1 Å². The standard InChI is InChI=1S/C23H17NO5/c25-17-10-11-19-21(12-17)29-13-20(23(19)27)15-6-8-16(9-7-15)24-22(26)14-28-18-4-2-1-3-5-18/h1-13,25H,14H2,(H,24,26). The van der Waals surface area contributed by atoms with Crippen molar-refractivity contribution in [2.75, 3.05) is 11.9 Å². The van der Waals surface area contributed by atoms with Gasteiger partial charge in [-0.1, -0.05) is 30.3 Å². The van der Waals surface area contributed by atoms with Gasteiger partial charge in [0.25, 0.3) is 5.91 Å². The molecule has 4 rings (SSSR count). The number of amides is 1. The molecule has 144 valence electrons. The van der Waals surface area contributed by atoms with E-state index in [0.717, 1.165) is 0 Å². The van der Waals surface area contributed by atoms with Gasteiger partial charge in [-0.2, -0.15) is 0 Å². The van der Waals surface area contributed by atoms with E-state index in [0.29, 0.717) is 33.5 Å². The number of phenols is 1. The first-order valence-electron chi connectivity index (χ1n) is 8.93. The van der Waals surface area contributed by atoms with Gasteiger partial charge in [-0.25, -0.2) is 0 Å². The average Bonchev–Trinajstić information content (AvgIpc) is 2.74. The van der Waals surface area contributed by atoms with E-state index < -0.39 is 0 Å². The highest BCUT2D eigenvalue weighted by Gasteiger charge is 2.10. The van der Waals surface area contributed by atoms with Crippen molar-refractivity contribution < 1.29 is 19.1 Å². The van der Waals surface area contributed by atoms with Gasteiger partial charge < -0.3 is 19.6 Å². The number of hydrogen-bond acceptors (Lipinski definition) is 5. The molecular weight excluding hydrogens is 370 g/mol. The molecule has 0 aliphatic carbocycles. The number of benzene rings is 3. The van der Waals surface area contributed by atoms with Gasteiger partial charge in [-0.15, -0.1) is 0 Å².